The molecule has 6 nitrogen and oxygen atoms in total. The molecule has 84 valence electrons. The molecule has 0 aliphatic carbocycles. The van der Waals surface area contributed by atoms with Crippen LogP contribution in [0.5, 0.6) is 12.0 Å². The SMILES string of the molecule is CCOc1nc(N)nc(OC(C)(C)C)n1. The predicted octanol–water partition coefficient (Wildman–Crippen LogP) is 1.03. The number of nitrogens with two attached hydrogens (primary N) is 1. The van der Waals surface area contributed by atoms with Gasteiger partial charge in [-0.2, -0.15) is 9.97 Å². The van der Waals surface area contributed by atoms with Crippen LogP contribution in [0.1, 0.15) is 27.7 Å². The normalized spacial score (nSPS) is 11.2. The molecule has 2 N–H and O–H groups in total. The molecular weight excluding hydrogens is 196 g/mol. The Morgan fingerprint density at radius 3 is 2.27 bits per heavy atom. The van der Waals surface area contributed by atoms with Crippen molar-refractivity contribution in [3.63, 3.8) is 0 Å². The molecule has 0 aliphatic heterocycles. The predicted molar refractivity (Wildman–Crippen MR) is 55.8 cm³/mol. The highest BCUT2D eigenvalue weighted by molar-refractivity contribution is 5.20. The molecule has 0 atom stereocenters. The van der Waals surface area contributed by atoms with Gasteiger partial charge in [0.15, 0.2) is 0 Å². The molecule has 0 spiro atoms. The quantitative estimate of drug-likeness (QED) is 0.805. The van der Waals surface area contributed by atoms with E-state index in [1.807, 2.05) is 27.7 Å². The van der Waals surface area contributed by atoms with E-state index in [0.717, 1.165) is 0 Å². The van der Waals surface area contributed by atoms with Crippen LogP contribution in [0.15, 0.2) is 0 Å². The molecule has 1 aromatic heterocycles. The maximum Gasteiger partial charge on any atom is 0.324 e. The van der Waals surface area contributed by atoms with Crippen LogP contribution in [-0.2, 0) is 0 Å². The highest BCUT2D eigenvalue weighted by Gasteiger charge is 2.15. The van der Waals surface area contributed by atoms with Gasteiger partial charge in [-0.3, -0.25) is 0 Å². The standard InChI is InChI=1S/C9H16N4O2/c1-5-14-7-11-6(10)12-8(13-7)15-9(2,3)4/h5H2,1-4H3,(H2,10,11,12,13). The van der Waals surface area contributed by atoms with Gasteiger partial charge in [-0.05, 0) is 27.7 Å². The highest BCUT2D eigenvalue weighted by Crippen LogP contribution is 2.16. The Bertz CT molecular complexity index is 335. The van der Waals surface area contributed by atoms with Crippen molar-refractivity contribution in [2.45, 2.75) is 33.3 Å². The van der Waals surface area contributed by atoms with Gasteiger partial charge in [0.05, 0.1) is 6.61 Å². The van der Waals surface area contributed by atoms with Crippen molar-refractivity contribution >= 4 is 5.95 Å². The minimum atomic E-state index is -0.378. The Kier molecular flexibility index (Phi) is 3.28. The second-order valence-corrected chi connectivity index (χ2v) is 3.91. The summed E-state index contributed by atoms with van der Waals surface area (Å²) < 4.78 is 10.6. The molecule has 1 aromatic rings. The molecule has 1 rings (SSSR count). The summed E-state index contributed by atoms with van der Waals surface area (Å²) in [6.07, 6.45) is 0. The van der Waals surface area contributed by atoms with Crippen molar-refractivity contribution < 1.29 is 9.47 Å². The van der Waals surface area contributed by atoms with Crippen LogP contribution in [0.3, 0.4) is 0 Å². The van der Waals surface area contributed by atoms with Crippen LogP contribution in [0.2, 0.25) is 0 Å². The minimum Gasteiger partial charge on any atom is -0.464 e. The summed E-state index contributed by atoms with van der Waals surface area (Å²) in [4.78, 5) is 11.6. The van der Waals surface area contributed by atoms with Crippen LogP contribution >= 0.6 is 0 Å². The molecule has 0 unspecified atom stereocenters. The van der Waals surface area contributed by atoms with Gasteiger partial charge >= 0.3 is 12.0 Å². The number of nitrogen functional groups attached to an aromatic ring is 1. The average molecular weight is 212 g/mol. The van der Waals surface area contributed by atoms with E-state index in [1.54, 1.807) is 0 Å². The van der Waals surface area contributed by atoms with Crippen molar-refractivity contribution in [1.82, 2.24) is 15.0 Å². The first-order valence-electron chi connectivity index (χ1n) is 4.74. The lowest BCUT2D eigenvalue weighted by Crippen LogP contribution is -2.24. The number of hydrogen-bond donors (Lipinski definition) is 1. The van der Waals surface area contributed by atoms with E-state index in [1.165, 1.54) is 0 Å². The van der Waals surface area contributed by atoms with Crippen LogP contribution in [0.25, 0.3) is 0 Å². The van der Waals surface area contributed by atoms with Crippen molar-refractivity contribution in [2.75, 3.05) is 12.3 Å². The fraction of sp³-hybridized carbons (Fsp3) is 0.667. The van der Waals surface area contributed by atoms with E-state index in [2.05, 4.69) is 15.0 Å². The average Bonchev–Trinajstić information content (AvgIpc) is 1.99. The van der Waals surface area contributed by atoms with Gasteiger partial charge in [0.1, 0.15) is 5.60 Å². The molecule has 0 saturated carbocycles. The maximum absolute atomic E-state index is 5.49. The van der Waals surface area contributed by atoms with Crippen LogP contribution in [0.4, 0.5) is 5.95 Å². The second-order valence-electron chi connectivity index (χ2n) is 3.91. The molecule has 0 fully saturated rings. The van der Waals surface area contributed by atoms with Crippen molar-refractivity contribution in [3.8, 4) is 12.0 Å². The molecule has 1 heterocycles. The fourth-order valence-electron chi connectivity index (χ4n) is 0.866. The van der Waals surface area contributed by atoms with Crippen molar-refractivity contribution in [1.29, 1.82) is 0 Å². The van der Waals surface area contributed by atoms with Gasteiger partial charge in [-0.25, -0.2) is 0 Å². The molecule has 0 aliphatic rings. The van der Waals surface area contributed by atoms with E-state index >= 15 is 0 Å². The Balaban J connectivity index is 2.88. The third-order valence-electron chi connectivity index (χ3n) is 1.28. The van der Waals surface area contributed by atoms with E-state index < -0.39 is 0 Å². The summed E-state index contributed by atoms with van der Waals surface area (Å²) >= 11 is 0. The highest BCUT2D eigenvalue weighted by atomic mass is 16.5. The number of aromatic nitrogens is 3. The maximum atomic E-state index is 5.49. The van der Waals surface area contributed by atoms with Gasteiger partial charge in [-0.1, -0.05) is 0 Å². The first kappa shape index (κ1) is 11.5. The number of nitrogens with zero attached hydrogens (tertiary/aromatic N) is 3. The summed E-state index contributed by atoms with van der Waals surface area (Å²) in [6, 6.07) is 0.364. The Labute approximate surface area is 88.8 Å². The topological polar surface area (TPSA) is 83.2 Å². The lowest BCUT2D eigenvalue weighted by atomic mass is 10.2. The smallest absolute Gasteiger partial charge is 0.324 e. The van der Waals surface area contributed by atoms with Crippen LogP contribution < -0.4 is 15.2 Å². The monoisotopic (exact) mass is 212 g/mol. The molecule has 0 saturated heterocycles. The van der Waals surface area contributed by atoms with E-state index in [0.29, 0.717) is 6.61 Å². The largest absolute Gasteiger partial charge is 0.464 e. The second kappa shape index (κ2) is 4.29. The van der Waals surface area contributed by atoms with Crippen molar-refractivity contribution in [3.05, 3.63) is 0 Å². The molecule has 0 amide bonds. The summed E-state index contributed by atoms with van der Waals surface area (Å²) in [5.41, 5.74) is 5.11. The lowest BCUT2D eigenvalue weighted by Gasteiger charge is -2.19. The summed E-state index contributed by atoms with van der Waals surface area (Å²) in [5.74, 6) is 0.0905. The van der Waals surface area contributed by atoms with Gasteiger partial charge in [0.2, 0.25) is 5.95 Å². The zero-order valence-corrected chi connectivity index (χ0v) is 9.44. The van der Waals surface area contributed by atoms with Crippen LogP contribution in [-0.4, -0.2) is 27.2 Å². The van der Waals surface area contributed by atoms with Crippen LogP contribution in [0, 0.1) is 0 Å². The molecule has 0 bridgehead atoms. The van der Waals surface area contributed by atoms with Gasteiger partial charge < -0.3 is 15.2 Å². The zero-order chi connectivity index (χ0) is 11.5. The van der Waals surface area contributed by atoms with E-state index in [-0.39, 0.29) is 23.6 Å². The zero-order valence-electron chi connectivity index (χ0n) is 9.44. The van der Waals surface area contributed by atoms with Gasteiger partial charge in [0.25, 0.3) is 0 Å². The summed E-state index contributed by atoms with van der Waals surface area (Å²) in [5, 5.41) is 0. The van der Waals surface area contributed by atoms with Crippen molar-refractivity contribution in [2.24, 2.45) is 0 Å². The number of ether oxygens (including phenoxy) is 2. The van der Waals surface area contributed by atoms with E-state index in [4.69, 9.17) is 15.2 Å². The van der Waals surface area contributed by atoms with E-state index in [9.17, 15) is 0 Å². The third-order valence-corrected chi connectivity index (χ3v) is 1.28. The molecule has 0 aromatic carbocycles. The minimum absolute atomic E-state index is 0.0905. The first-order valence-corrected chi connectivity index (χ1v) is 4.74. The number of rotatable bonds is 3. The number of anilines is 1. The number of hydrogen-bond acceptors (Lipinski definition) is 6. The first-order chi connectivity index (χ1) is 6.90. The van der Waals surface area contributed by atoms with Gasteiger partial charge in [-0.15, -0.1) is 4.98 Å². The fourth-order valence-corrected chi connectivity index (χ4v) is 0.866. The molecule has 6 heteroatoms. The molecular formula is C9H16N4O2. The summed E-state index contributed by atoms with van der Waals surface area (Å²) in [7, 11) is 0. The van der Waals surface area contributed by atoms with Gasteiger partial charge in [0, 0.05) is 0 Å². The Morgan fingerprint density at radius 2 is 1.73 bits per heavy atom. The Hall–Kier alpha value is -1.59. The lowest BCUT2D eigenvalue weighted by molar-refractivity contribution is 0.114. The third kappa shape index (κ3) is 3.97. The summed E-state index contributed by atoms with van der Waals surface area (Å²) in [6.45, 7) is 8.00. The molecule has 15 heavy (non-hydrogen) atoms. The Morgan fingerprint density at radius 1 is 1.13 bits per heavy atom. The molecule has 0 radical (unpaired) electrons.